The summed E-state index contributed by atoms with van der Waals surface area (Å²) < 4.78 is 27.5. The highest BCUT2D eigenvalue weighted by Gasteiger charge is 2.53. The number of ether oxygens (including phenoxy) is 2. The maximum Gasteiger partial charge on any atom is 0.195 e. The summed E-state index contributed by atoms with van der Waals surface area (Å²) in [4.78, 5) is 0. The summed E-state index contributed by atoms with van der Waals surface area (Å²) in [5, 5.41) is 10.3. The van der Waals surface area contributed by atoms with E-state index in [9.17, 15) is 9.81 Å². The number of hydrogen-bond acceptors (Lipinski definition) is 5. The molecule has 5 nitrogen and oxygen atoms in total. The van der Waals surface area contributed by atoms with Crippen molar-refractivity contribution < 1.29 is 14.0 Å². The lowest BCUT2D eigenvalue weighted by atomic mass is 9.90. The van der Waals surface area contributed by atoms with Gasteiger partial charge in [0.2, 0.25) is 0 Å². The molecule has 1 saturated heterocycles. The van der Waals surface area contributed by atoms with Crippen LogP contribution >= 0.6 is 11.6 Å². The molecule has 1 aliphatic heterocycles. The van der Waals surface area contributed by atoms with Gasteiger partial charge in [0.05, 0.1) is 30.7 Å². The van der Waals surface area contributed by atoms with Crippen LogP contribution in [0.3, 0.4) is 0 Å². The third kappa shape index (κ3) is 4.61. The fourth-order valence-electron chi connectivity index (χ4n) is 3.40. The second kappa shape index (κ2) is 7.90. The lowest BCUT2D eigenvalue weighted by molar-refractivity contribution is -0.172. The molecule has 1 heterocycles. The summed E-state index contributed by atoms with van der Waals surface area (Å²) in [7, 11) is 0. The Morgan fingerprint density at radius 1 is 1.33 bits per heavy atom. The van der Waals surface area contributed by atoms with Crippen LogP contribution < -0.4 is 4.72 Å². The summed E-state index contributed by atoms with van der Waals surface area (Å²) >= 11 is 4.92. The molecular formula is C20H27ClN2O3S. The minimum Gasteiger partial charge on any atom is -0.598 e. The van der Waals surface area contributed by atoms with Gasteiger partial charge >= 0.3 is 0 Å². The Hall–Kier alpha value is -0.810. The Bertz CT molecular complexity index is 706. The molecule has 1 N–H and O–H groups in total. The zero-order chi connectivity index (χ0) is 19.7. The third-order valence-electron chi connectivity index (χ3n) is 5.26. The van der Waals surface area contributed by atoms with Crippen molar-refractivity contribution in [2.24, 2.45) is 5.41 Å². The number of nitrogens with zero attached hydrogens (tertiary/aromatic N) is 1. The molecular weight excluding hydrogens is 384 g/mol. The van der Waals surface area contributed by atoms with Gasteiger partial charge < -0.3 is 14.0 Å². The first-order chi connectivity index (χ1) is 12.7. The number of benzene rings is 1. The van der Waals surface area contributed by atoms with E-state index >= 15 is 0 Å². The van der Waals surface area contributed by atoms with Crippen LogP contribution in [-0.4, -0.2) is 28.6 Å². The van der Waals surface area contributed by atoms with Crippen LogP contribution in [0.1, 0.15) is 52.0 Å². The van der Waals surface area contributed by atoms with E-state index in [0.717, 1.165) is 18.4 Å². The van der Waals surface area contributed by atoms with Crippen LogP contribution in [0, 0.1) is 16.7 Å². The van der Waals surface area contributed by atoms with E-state index < -0.39 is 27.3 Å². The van der Waals surface area contributed by atoms with Crippen molar-refractivity contribution in [2.45, 2.75) is 63.0 Å². The SMILES string of the molecule is CC(C)(C)[S@+]([O-])NC(CCC1(c2cccc(Cl)c2)OCCO1)C1(C#N)CC1. The first-order valence-corrected chi connectivity index (χ1v) is 10.9. The molecule has 2 atom stereocenters. The highest BCUT2D eigenvalue weighted by atomic mass is 35.5. The monoisotopic (exact) mass is 410 g/mol. The van der Waals surface area contributed by atoms with Crippen molar-refractivity contribution in [1.29, 1.82) is 5.26 Å². The minimum atomic E-state index is -1.24. The zero-order valence-corrected chi connectivity index (χ0v) is 17.7. The van der Waals surface area contributed by atoms with Crippen molar-refractivity contribution in [3.05, 3.63) is 34.9 Å². The van der Waals surface area contributed by atoms with E-state index in [1.165, 1.54) is 0 Å². The lowest BCUT2D eigenvalue weighted by Crippen LogP contribution is -2.48. The second-order valence-electron chi connectivity index (χ2n) is 8.32. The van der Waals surface area contributed by atoms with E-state index in [1.807, 2.05) is 45.0 Å². The van der Waals surface area contributed by atoms with Gasteiger partial charge in [0, 0.05) is 28.4 Å². The smallest absolute Gasteiger partial charge is 0.195 e. The largest absolute Gasteiger partial charge is 0.598 e. The van der Waals surface area contributed by atoms with Crippen molar-refractivity contribution in [3.8, 4) is 6.07 Å². The first kappa shape index (κ1) is 20.9. The predicted octanol–water partition coefficient (Wildman–Crippen LogP) is 4.04. The number of hydrogen-bond donors (Lipinski definition) is 1. The molecule has 0 bridgehead atoms. The molecule has 0 amide bonds. The summed E-state index contributed by atoms with van der Waals surface area (Å²) in [6.45, 7) is 6.81. The van der Waals surface area contributed by atoms with E-state index in [2.05, 4.69) is 10.8 Å². The van der Waals surface area contributed by atoms with Crippen LogP contribution in [0.15, 0.2) is 24.3 Å². The highest BCUT2D eigenvalue weighted by Crippen LogP contribution is 2.51. The third-order valence-corrected chi connectivity index (χ3v) is 7.11. The van der Waals surface area contributed by atoms with Crippen molar-refractivity contribution in [2.75, 3.05) is 13.2 Å². The molecule has 27 heavy (non-hydrogen) atoms. The summed E-state index contributed by atoms with van der Waals surface area (Å²) in [6.07, 6.45) is 2.85. The first-order valence-electron chi connectivity index (χ1n) is 9.34. The van der Waals surface area contributed by atoms with Crippen LogP contribution in [-0.2, 0) is 26.6 Å². The van der Waals surface area contributed by atoms with Crippen LogP contribution in [0.2, 0.25) is 5.02 Å². The van der Waals surface area contributed by atoms with Crippen molar-refractivity contribution >= 4 is 23.0 Å². The van der Waals surface area contributed by atoms with Gasteiger partial charge in [-0.2, -0.15) is 5.26 Å². The number of nitrogens with one attached hydrogen (secondary N) is 1. The van der Waals surface area contributed by atoms with E-state index in [1.54, 1.807) is 0 Å². The summed E-state index contributed by atoms with van der Waals surface area (Å²) in [5.41, 5.74) is 0.430. The Morgan fingerprint density at radius 3 is 2.52 bits per heavy atom. The van der Waals surface area contributed by atoms with Gasteiger partial charge in [-0.1, -0.05) is 23.7 Å². The van der Waals surface area contributed by atoms with Gasteiger partial charge in [0.15, 0.2) is 5.79 Å². The summed E-state index contributed by atoms with van der Waals surface area (Å²) in [5.74, 6) is -0.862. The molecule has 7 heteroatoms. The topological polar surface area (TPSA) is 77.3 Å². The maximum atomic E-state index is 12.7. The van der Waals surface area contributed by atoms with Gasteiger partial charge in [0.1, 0.15) is 4.75 Å². The second-order valence-corrected chi connectivity index (χ2v) is 10.8. The Morgan fingerprint density at radius 2 is 2.00 bits per heavy atom. The molecule has 0 radical (unpaired) electrons. The fourth-order valence-corrected chi connectivity index (χ4v) is 4.54. The Balaban J connectivity index is 1.78. The molecule has 2 aliphatic rings. The van der Waals surface area contributed by atoms with Crippen LogP contribution in [0.5, 0.6) is 0 Å². The van der Waals surface area contributed by atoms with E-state index in [0.29, 0.717) is 31.1 Å². The van der Waals surface area contributed by atoms with Gasteiger partial charge in [-0.25, -0.2) is 0 Å². The zero-order valence-electron chi connectivity index (χ0n) is 16.1. The molecule has 1 aliphatic carbocycles. The molecule has 148 valence electrons. The van der Waals surface area contributed by atoms with Crippen molar-refractivity contribution in [3.63, 3.8) is 0 Å². The highest BCUT2D eigenvalue weighted by molar-refractivity contribution is 7.90. The van der Waals surface area contributed by atoms with Gasteiger partial charge in [-0.05, 0) is 52.2 Å². The normalized spacial score (nSPS) is 22.8. The lowest BCUT2D eigenvalue weighted by Gasteiger charge is -2.33. The predicted molar refractivity (Wildman–Crippen MR) is 106 cm³/mol. The van der Waals surface area contributed by atoms with Crippen molar-refractivity contribution in [1.82, 2.24) is 4.72 Å². The molecule has 3 rings (SSSR count). The van der Waals surface area contributed by atoms with E-state index in [4.69, 9.17) is 21.1 Å². The molecule has 1 unspecified atom stereocenters. The van der Waals surface area contributed by atoms with Crippen LogP contribution in [0.4, 0.5) is 0 Å². The Kier molecular flexibility index (Phi) is 6.12. The molecule has 0 aromatic heterocycles. The van der Waals surface area contributed by atoms with Gasteiger partial charge in [-0.3, -0.25) is 0 Å². The average molecular weight is 411 g/mol. The van der Waals surface area contributed by atoms with Gasteiger partial charge in [-0.15, -0.1) is 4.72 Å². The average Bonchev–Trinajstić information content (AvgIpc) is 3.27. The molecule has 0 spiro atoms. The minimum absolute atomic E-state index is 0.175. The van der Waals surface area contributed by atoms with Crippen LogP contribution in [0.25, 0.3) is 0 Å². The molecule has 1 aromatic rings. The molecule has 2 fully saturated rings. The van der Waals surface area contributed by atoms with Gasteiger partial charge in [0.25, 0.3) is 0 Å². The fraction of sp³-hybridized carbons (Fsp3) is 0.650. The Labute approximate surface area is 169 Å². The molecule has 1 aromatic carbocycles. The van der Waals surface area contributed by atoms with E-state index in [-0.39, 0.29) is 6.04 Å². The summed E-state index contributed by atoms with van der Waals surface area (Å²) in [6, 6.07) is 9.78. The number of halogens is 1. The number of nitriles is 1. The molecule has 1 saturated carbocycles. The quantitative estimate of drug-likeness (QED) is 0.686. The number of rotatable bonds is 7. The standard InChI is InChI=1S/C20H27ClN2O3S/c1-18(2,3)27(24)23-17(19(14-22)9-10-19)7-8-20(25-11-12-26-20)15-5-4-6-16(21)13-15/h4-6,13,17,23H,7-12H2,1-3H3/t17?,27-/m0/s1. The maximum absolute atomic E-state index is 12.7.